The number of nitrogens with one attached hydrogen (secondary N) is 1. The standard InChI is InChI=1S/C18H28BrNS/c1-2-3-13-4-5-14(12-20-16-6-7-16)15(10-13)11-17-8-9-18(19)21-17/h8-9,13-16,20H,2-7,10-12H2,1H3. The molecule has 3 unspecified atom stereocenters. The van der Waals surface area contributed by atoms with Gasteiger partial charge in [-0.2, -0.15) is 0 Å². The molecule has 3 heteroatoms. The van der Waals surface area contributed by atoms with E-state index < -0.39 is 0 Å². The second kappa shape index (κ2) is 7.61. The van der Waals surface area contributed by atoms with E-state index >= 15 is 0 Å². The third kappa shape index (κ3) is 4.80. The van der Waals surface area contributed by atoms with Crippen molar-refractivity contribution in [2.45, 2.75) is 64.3 Å². The van der Waals surface area contributed by atoms with E-state index in [2.05, 4.69) is 40.3 Å². The summed E-state index contributed by atoms with van der Waals surface area (Å²) in [5, 5.41) is 3.79. The molecule has 1 aromatic heterocycles. The summed E-state index contributed by atoms with van der Waals surface area (Å²) >= 11 is 5.54. The molecule has 1 heterocycles. The van der Waals surface area contributed by atoms with Crippen LogP contribution in [0.1, 0.15) is 56.7 Å². The van der Waals surface area contributed by atoms with E-state index in [4.69, 9.17) is 0 Å². The van der Waals surface area contributed by atoms with E-state index in [9.17, 15) is 0 Å². The Morgan fingerprint density at radius 2 is 2.05 bits per heavy atom. The summed E-state index contributed by atoms with van der Waals surface area (Å²) in [7, 11) is 0. The predicted molar refractivity (Wildman–Crippen MR) is 96.0 cm³/mol. The highest BCUT2D eigenvalue weighted by Gasteiger charge is 2.31. The SMILES string of the molecule is CCCC1CCC(CNC2CC2)C(Cc2ccc(Br)s2)C1. The van der Waals surface area contributed by atoms with Gasteiger partial charge in [-0.25, -0.2) is 0 Å². The highest BCUT2D eigenvalue weighted by atomic mass is 79.9. The molecular weight excluding hydrogens is 342 g/mol. The first kappa shape index (κ1) is 16.0. The van der Waals surface area contributed by atoms with Crippen molar-refractivity contribution in [2.24, 2.45) is 17.8 Å². The van der Waals surface area contributed by atoms with E-state index in [-0.39, 0.29) is 0 Å². The molecule has 21 heavy (non-hydrogen) atoms. The van der Waals surface area contributed by atoms with Crippen LogP contribution in [0.4, 0.5) is 0 Å². The first-order valence-electron chi connectivity index (χ1n) is 8.72. The Morgan fingerprint density at radius 1 is 1.19 bits per heavy atom. The summed E-state index contributed by atoms with van der Waals surface area (Å²) in [4.78, 5) is 1.57. The molecule has 2 aliphatic rings. The van der Waals surface area contributed by atoms with Crippen LogP contribution in [-0.2, 0) is 6.42 Å². The smallest absolute Gasteiger partial charge is 0.0701 e. The summed E-state index contributed by atoms with van der Waals surface area (Å²) in [6.07, 6.45) is 11.3. The van der Waals surface area contributed by atoms with Crippen molar-refractivity contribution in [3.05, 3.63) is 20.8 Å². The van der Waals surface area contributed by atoms with Gasteiger partial charge in [0.2, 0.25) is 0 Å². The van der Waals surface area contributed by atoms with Gasteiger partial charge in [-0.1, -0.05) is 26.2 Å². The van der Waals surface area contributed by atoms with Gasteiger partial charge in [0.25, 0.3) is 0 Å². The van der Waals surface area contributed by atoms with Crippen LogP contribution in [0.15, 0.2) is 15.9 Å². The molecule has 0 spiro atoms. The van der Waals surface area contributed by atoms with Gasteiger partial charge in [0.1, 0.15) is 0 Å². The van der Waals surface area contributed by atoms with Gasteiger partial charge in [0, 0.05) is 10.9 Å². The maximum Gasteiger partial charge on any atom is 0.0701 e. The van der Waals surface area contributed by atoms with Crippen molar-refractivity contribution in [2.75, 3.05) is 6.54 Å². The molecule has 118 valence electrons. The molecule has 0 aliphatic heterocycles. The van der Waals surface area contributed by atoms with Crippen molar-refractivity contribution < 1.29 is 0 Å². The highest BCUT2D eigenvalue weighted by molar-refractivity contribution is 9.11. The lowest BCUT2D eigenvalue weighted by molar-refractivity contribution is 0.168. The highest BCUT2D eigenvalue weighted by Crippen LogP contribution is 2.39. The molecule has 3 atom stereocenters. The molecule has 0 saturated heterocycles. The normalized spacial score (nSPS) is 29.7. The lowest BCUT2D eigenvalue weighted by Crippen LogP contribution is -2.35. The zero-order chi connectivity index (χ0) is 14.7. The van der Waals surface area contributed by atoms with Crippen LogP contribution in [-0.4, -0.2) is 12.6 Å². The molecule has 2 saturated carbocycles. The molecule has 0 aromatic carbocycles. The Hall–Kier alpha value is 0.140. The average Bonchev–Trinajstić information content (AvgIpc) is 3.21. The van der Waals surface area contributed by atoms with Gasteiger partial charge in [-0.15, -0.1) is 11.3 Å². The Labute approximate surface area is 142 Å². The number of hydrogen-bond donors (Lipinski definition) is 1. The number of rotatable bonds is 7. The second-order valence-corrected chi connectivity index (χ2v) is 9.63. The van der Waals surface area contributed by atoms with Crippen molar-refractivity contribution in [3.63, 3.8) is 0 Å². The van der Waals surface area contributed by atoms with E-state index in [1.165, 1.54) is 61.7 Å². The maximum absolute atomic E-state index is 3.79. The number of hydrogen-bond acceptors (Lipinski definition) is 2. The third-order valence-electron chi connectivity index (χ3n) is 5.28. The van der Waals surface area contributed by atoms with Crippen LogP contribution in [0, 0.1) is 17.8 Å². The van der Waals surface area contributed by atoms with Crippen molar-refractivity contribution in [3.8, 4) is 0 Å². The average molecular weight is 370 g/mol. The summed E-state index contributed by atoms with van der Waals surface area (Å²) in [5.74, 6) is 2.78. The van der Waals surface area contributed by atoms with E-state index in [0.717, 1.165) is 23.8 Å². The Balaban J connectivity index is 1.59. The minimum atomic E-state index is 0.856. The quantitative estimate of drug-likeness (QED) is 0.655. The zero-order valence-electron chi connectivity index (χ0n) is 13.1. The Morgan fingerprint density at radius 3 is 2.71 bits per heavy atom. The lowest BCUT2D eigenvalue weighted by Gasteiger charge is -2.36. The largest absolute Gasteiger partial charge is 0.314 e. The molecule has 0 radical (unpaired) electrons. The summed E-state index contributed by atoms with van der Waals surface area (Å²) in [6.45, 7) is 3.60. The molecule has 2 fully saturated rings. The van der Waals surface area contributed by atoms with Gasteiger partial charge in [0.05, 0.1) is 3.79 Å². The fourth-order valence-corrected chi connectivity index (χ4v) is 5.51. The summed E-state index contributed by atoms with van der Waals surface area (Å²) in [5.41, 5.74) is 0. The third-order valence-corrected chi connectivity index (χ3v) is 6.93. The molecular formula is C18H28BrNS. The molecule has 1 nitrogen and oxygen atoms in total. The van der Waals surface area contributed by atoms with Gasteiger partial charge in [0.15, 0.2) is 0 Å². The van der Waals surface area contributed by atoms with Crippen LogP contribution in [0.25, 0.3) is 0 Å². The van der Waals surface area contributed by atoms with Crippen LogP contribution in [0.2, 0.25) is 0 Å². The number of halogens is 1. The predicted octanol–water partition coefficient (Wildman–Crippen LogP) is 5.64. The minimum Gasteiger partial charge on any atom is -0.314 e. The first-order valence-corrected chi connectivity index (χ1v) is 10.3. The Kier molecular flexibility index (Phi) is 5.80. The van der Waals surface area contributed by atoms with Gasteiger partial charge in [-0.05, 0) is 84.5 Å². The van der Waals surface area contributed by atoms with E-state index in [0.29, 0.717) is 0 Å². The first-order chi connectivity index (χ1) is 10.2. The Bertz CT molecular complexity index is 440. The molecule has 1 aromatic rings. The van der Waals surface area contributed by atoms with Crippen molar-refractivity contribution >= 4 is 27.3 Å². The van der Waals surface area contributed by atoms with Crippen LogP contribution >= 0.6 is 27.3 Å². The van der Waals surface area contributed by atoms with Gasteiger partial charge in [-0.3, -0.25) is 0 Å². The van der Waals surface area contributed by atoms with E-state index in [1.54, 1.807) is 4.88 Å². The lowest BCUT2D eigenvalue weighted by atomic mass is 9.71. The van der Waals surface area contributed by atoms with Gasteiger partial charge < -0.3 is 5.32 Å². The molecule has 0 bridgehead atoms. The zero-order valence-corrected chi connectivity index (χ0v) is 15.5. The van der Waals surface area contributed by atoms with Crippen LogP contribution in [0.3, 0.4) is 0 Å². The van der Waals surface area contributed by atoms with Crippen LogP contribution < -0.4 is 5.32 Å². The minimum absolute atomic E-state index is 0.856. The maximum atomic E-state index is 3.79. The number of thiophene rings is 1. The monoisotopic (exact) mass is 369 g/mol. The topological polar surface area (TPSA) is 12.0 Å². The summed E-state index contributed by atoms with van der Waals surface area (Å²) < 4.78 is 1.28. The fourth-order valence-electron chi connectivity index (χ4n) is 3.94. The van der Waals surface area contributed by atoms with Crippen molar-refractivity contribution in [1.82, 2.24) is 5.32 Å². The molecule has 1 N–H and O–H groups in total. The molecule has 0 amide bonds. The van der Waals surface area contributed by atoms with Gasteiger partial charge >= 0.3 is 0 Å². The molecule has 3 rings (SSSR count). The van der Waals surface area contributed by atoms with Crippen LogP contribution in [0.5, 0.6) is 0 Å². The molecule has 2 aliphatic carbocycles. The second-order valence-electron chi connectivity index (χ2n) is 7.08. The summed E-state index contributed by atoms with van der Waals surface area (Å²) in [6, 6.07) is 5.39. The van der Waals surface area contributed by atoms with Crippen molar-refractivity contribution in [1.29, 1.82) is 0 Å². The van der Waals surface area contributed by atoms with E-state index in [1.807, 2.05) is 11.3 Å². The fraction of sp³-hybridized carbons (Fsp3) is 0.778.